The van der Waals surface area contributed by atoms with Crippen molar-refractivity contribution in [2.24, 2.45) is 0 Å². The van der Waals surface area contributed by atoms with E-state index in [4.69, 9.17) is 0 Å². The Hall–Kier alpha value is -2.89. The molecule has 2 N–H and O–H groups in total. The Morgan fingerprint density at radius 3 is 2.84 bits per heavy atom. The van der Waals surface area contributed by atoms with Crippen molar-refractivity contribution in [1.29, 1.82) is 0 Å². The number of aryl methyl sites for hydroxylation is 1. The van der Waals surface area contributed by atoms with E-state index in [1.165, 1.54) is 0 Å². The topological polar surface area (TPSA) is 64.9 Å². The fourth-order valence-corrected chi connectivity index (χ4v) is 3.49. The highest BCUT2D eigenvalue weighted by atomic mass is 16.1. The molecule has 0 spiro atoms. The first-order chi connectivity index (χ1) is 12.3. The number of anilines is 2. The van der Waals surface area contributed by atoms with Gasteiger partial charge in [0.1, 0.15) is 16.9 Å². The lowest BCUT2D eigenvalue weighted by Crippen LogP contribution is -2.36. The minimum atomic E-state index is -0.135. The number of carbonyl (C=O) groups excluding carboxylic acids is 1. The van der Waals surface area contributed by atoms with Crippen LogP contribution in [0.3, 0.4) is 0 Å². The van der Waals surface area contributed by atoms with Gasteiger partial charge in [0.05, 0.1) is 12.1 Å². The number of rotatable bonds is 4. The van der Waals surface area contributed by atoms with Gasteiger partial charge in [-0.3, -0.25) is 4.79 Å². The Labute approximate surface area is 146 Å². The molecule has 0 aliphatic carbocycles. The van der Waals surface area contributed by atoms with Crippen LogP contribution in [0.5, 0.6) is 0 Å². The summed E-state index contributed by atoms with van der Waals surface area (Å²) in [4.78, 5) is 22.9. The third-order valence-corrected chi connectivity index (χ3v) is 4.70. The van der Waals surface area contributed by atoms with Gasteiger partial charge in [-0.1, -0.05) is 12.1 Å². The number of pyridine rings is 1. The number of hydrogen-bond donors (Lipinski definition) is 2. The van der Waals surface area contributed by atoms with Crippen LogP contribution in [0.25, 0.3) is 11.0 Å². The van der Waals surface area contributed by atoms with E-state index in [9.17, 15) is 4.79 Å². The van der Waals surface area contributed by atoms with Crippen molar-refractivity contribution in [1.82, 2.24) is 9.97 Å². The van der Waals surface area contributed by atoms with Crippen LogP contribution in [-0.2, 0) is 6.54 Å². The normalized spacial score (nSPS) is 14.2. The van der Waals surface area contributed by atoms with Gasteiger partial charge in [-0.2, -0.15) is 0 Å². The highest BCUT2D eigenvalue weighted by Crippen LogP contribution is 2.22. The van der Waals surface area contributed by atoms with Gasteiger partial charge in [0.15, 0.2) is 0 Å². The fraction of sp³-hybridized carbons (Fsp3) is 0.316. The predicted octanol–water partition coefficient (Wildman–Crippen LogP) is 2.72. The summed E-state index contributed by atoms with van der Waals surface area (Å²) < 4.78 is 2.07. The number of hydrogen-bond acceptors (Lipinski definition) is 3. The van der Waals surface area contributed by atoms with Gasteiger partial charge in [-0.15, -0.1) is 0 Å². The molecule has 0 bridgehead atoms. The van der Waals surface area contributed by atoms with Crippen molar-refractivity contribution in [3.05, 3.63) is 48.2 Å². The number of imidazole rings is 1. The molecule has 2 aromatic heterocycles. The molecule has 1 amide bonds. The molecule has 6 nitrogen and oxygen atoms in total. The zero-order valence-corrected chi connectivity index (χ0v) is 14.3. The Balaban J connectivity index is 1.67. The van der Waals surface area contributed by atoms with Crippen LogP contribution in [0.15, 0.2) is 42.6 Å². The quantitative estimate of drug-likeness (QED) is 0.720. The molecule has 3 aromatic rings. The first-order valence-electron chi connectivity index (χ1n) is 8.80. The van der Waals surface area contributed by atoms with Gasteiger partial charge >= 0.3 is 11.9 Å². The van der Waals surface area contributed by atoms with Gasteiger partial charge in [-0.05, 0) is 44.0 Å². The van der Waals surface area contributed by atoms with Crippen molar-refractivity contribution in [2.45, 2.75) is 26.3 Å². The number of benzene rings is 1. The summed E-state index contributed by atoms with van der Waals surface area (Å²) in [6.07, 6.45) is 4.05. The van der Waals surface area contributed by atoms with Crippen LogP contribution in [-0.4, -0.2) is 29.0 Å². The minimum absolute atomic E-state index is 0.135. The molecule has 1 aromatic carbocycles. The van der Waals surface area contributed by atoms with Crippen LogP contribution in [0.4, 0.5) is 11.8 Å². The molecule has 0 saturated carbocycles. The smallest absolute Gasteiger partial charge is 0.356 e. The summed E-state index contributed by atoms with van der Waals surface area (Å²) in [6.45, 7) is 4.75. The third-order valence-electron chi connectivity index (χ3n) is 4.70. The summed E-state index contributed by atoms with van der Waals surface area (Å²) >= 11 is 0. The lowest BCUT2D eigenvalue weighted by Gasteiger charge is -2.18. The standard InChI is InChI=1S/C19H21N5O/c1-2-24-16-10-4-3-9-15(16)21-19(24)22-18(25)14-8-7-11-20-17(14)23-12-5-6-13-23/h3-4,7-11H,2,5-6,12-13H2,1H3,(H,21,22,25)/p+1. The second-order valence-electron chi connectivity index (χ2n) is 6.26. The molecule has 0 unspecified atom stereocenters. The molecule has 4 rings (SSSR count). The van der Waals surface area contributed by atoms with E-state index in [0.717, 1.165) is 49.3 Å². The van der Waals surface area contributed by atoms with E-state index < -0.39 is 0 Å². The van der Waals surface area contributed by atoms with E-state index in [-0.39, 0.29) is 5.91 Å². The Kier molecular flexibility index (Phi) is 4.09. The van der Waals surface area contributed by atoms with Crippen molar-refractivity contribution >= 4 is 28.7 Å². The number of nitrogens with zero attached hydrogens (tertiary/aromatic N) is 3. The SMILES string of the molecule is CC[n+]1c(NC(=O)c2cccnc2N2CCCC2)[nH]c2ccccc21. The number of para-hydroxylation sites is 2. The van der Waals surface area contributed by atoms with E-state index in [1.54, 1.807) is 6.20 Å². The monoisotopic (exact) mass is 336 g/mol. The van der Waals surface area contributed by atoms with Gasteiger partial charge in [0.25, 0.3) is 0 Å². The number of H-pyrrole nitrogens is 1. The van der Waals surface area contributed by atoms with Gasteiger partial charge in [-0.25, -0.2) is 19.9 Å². The van der Waals surface area contributed by atoms with Gasteiger partial charge in [0.2, 0.25) is 0 Å². The van der Waals surface area contributed by atoms with Crippen molar-refractivity contribution in [3.63, 3.8) is 0 Å². The van der Waals surface area contributed by atoms with Crippen molar-refractivity contribution in [2.75, 3.05) is 23.3 Å². The average molecular weight is 336 g/mol. The van der Waals surface area contributed by atoms with E-state index >= 15 is 0 Å². The van der Waals surface area contributed by atoms with Gasteiger partial charge in [0, 0.05) is 19.3 Å². The predicted molar refractivity (Wildman–Crippen MR) is 97.8 cm³/mol. The maximum absolute atomic E-state index is 12.9. The zero-order valence-electron chi connectivity index (χ0n) is 14.3. The Morgan fingerprint density at radius 1 is 1.24 bits per heavy atom. The minimum Gasteiger partial charge on any atom is -0.356 e. The Morgan fingerprint density at radius 2 is 2.04 bits per heavy atom. The molecule has 6 heteroatoms. The fourth-order valence-electron chi connectivity index (χ4n) is 3.49. The van der Waals surface area contributed by atoms with E-state index in [0.29, 0.717) is 11.5 Å². The van der Waals surface area contributed by atoms with Crippen LogP contribution >= 0.6 is 0 Å². The maximum Gasteiger partial charge on any atom is 0.363 e. The van der Waals surface area contributed by atoms with E-state index in [2.05, 4.69) is 31.7 Å². The van der Waals surface area contributed by atoms with Crippen molar-refractivity contribution in [3.8, 4) is 0 Å². The summed E-state index contributed by atoms with van der Waals surface area (Å²) in [5.41, 5.74) is 2.70. The highest BCUT2D eigenvalue weighted by Gasteiger charge is 2.25. The van der Waals surface area contributed by atoms with Crippen LogP contribution in [0, 0.1) is 0 Å². The molecule has 1 saturated heterocycles. The van der Waals surface area contributed by atoms with Crippen LogP contribution in [0.1, 0.15) is 30.1 Å². The first-order valence-corrected chi connectivity index (χ1v) is 8.80. The van der Waals surface area contributed by atoms with Crippen LogP contribution in [0.2, 0.25) is 0 Å². The number of nitrogens with one attached hydrogen (secondary N) is 2. The lowest BCUT2D eigenvalue weighted by molar-refractivity contribution is -0.653. The van der Waals surface area contributed by atoms with Gasteiger partial charge < -0.3 is 4.90 Å². The second-order valence-corrected chi connectivity index (χ2v) is 6.26. The molecule has 0 radical (unpaired) electrons. The zero-order chi connectivity index (χ0) is 17.2. The number of fused-ring (bicyclic) bond motifs is 1. The molecule has 1 aliphatic rings. The largest absolute Gasteiger partial charge is 0.363 e. The molecule has 25 heavy (non-hydrogen) atoms. The maximum atomic E-state index is 12.9. The summed E-state index contributed by atoms with van der Waals surface area (Å²) in [6, 6.07) is 11.7. The molecule has 1 aliphatic heterocycles. The van der Waals surface area contributed by atoms with E-state index in [1.807, 2.05) is 36.4 Å². The molecule has 128 valence electrons. The number of carbonyl (C=O) groups is 1. The first kappa shape index (κ1) is 15.6. The molecule has 1 fully saturated rings. The highest BCUT2D eigenvalue weighted by molar-refractivity contribution is 6.06. The Bertz CT molecular complexity index is 911. The van der Waals surface area contributed by atoms with Crippen molar-refractivity contribution < 1.29 is 9.36 Å². The number of aromatic nitrogens is 3. The number of aromatic amines is 1. The van der Waals surface area contributed by atoms with Crippen LogP contribution < -0.4 is 14.8 Å². The molecular weight excluding hydrogens is 314 g/mol. The summed E-state index contributed by atoms with van der Waals surface area (Å²) in [5, 5.41) is 3.03. The average Bonchev–Trinajstić information content (AvgIpc) is 3.29. The third kappa shape index (κ3) is 2.84. The molecule has 0 atom stereocenters. The lowest BCUT2D eigenvalue weighted by atomic mass is 10.2. The second kappa shape index (κ2) is 6.55. The molecule has 3 heterocycles. The summed E-state index contributed by atoms with van der Waals surface area (Å²) in [5.74, 6) is 1.34. The summed E-state index contributed by atoms with van der Waals surface area (Å²) in [7, 11) is 0. The molecular formula is C19H22N5O+. The number of amides is 1.